The average molecular weight is 214 g/mol. The molecule has 0 radical (unpaired) electrons. The van der Waals surface area contributed by atoms with E-state index in [-0.39, 0.29) is 0 Å². The zero-order chi connectivity index (χ0) is 11.5. The number of aryl methyl sites for hydroxylation is 3. The van der Waals surface area contributed by atoms with Gasteiger partial charge in [0.2, 0.25) is 0 Å². The van der Waals surface area contributed by atoms with Gasteiger partial charge in [-0.2, -0.15) is 0 Å². The molecular formula is C14H18N2. The maximum absolute atomic E-state index is 4.35. The van der Waals surface area contributed by atoms with Crippen LogP contribution in [-0.4, -0.2) is 9.55 Å². The molecule has 16 heavy (non-hydrogen) atoms. The first-order valence-corrected chi connectivity index (χ1v) is 5.77. The van der Waals surface area contributed by atoms with Gasteiger partial charge in [-0.1, -0.05) is 30.7 Å². The zero-order valence-electron chi connectivity index (χ0n) is 10.2. The van der Waals surface area contributed by atoms with E-state index in [9.17, 15) is 0 Å². The predicted molar refractivity (Wildman–Crippen MR) is 66.6 cm³/mol. The third-order valence-electron chi connectivity index (χ3n) is 2.96. The van der Waals surface area contributed by atoms with Crippen LogP contribution in [-0.2, 0) is 13.0 Å². The van der Waals surface area contributed by atoms with Crippen LogP contribution in [0.5, 0.6) is 0 Å². The van der Waals surface area contributed by atoms with Gasteiger partial charge in [-0.15, -0.1) is 0 Å². The molecule has 1 aromatic heterocycles. The lowest BCUT2D eigenvalue weighted by atomic mass is 10.1. The highest BCUT2D eigenvalue weighted by molar-refractivity contribution is 5.30. The van der Waals surface area contributed by atoms with E-state index in [2.05, 4.69) is 54.7 Å². The van der Waals surface area contributed by atoms with Gasteiger partial charge in [0.25, 0.3) is 0 Å². The Labute approximate surface area is 97.0 Å². The van der Waals surface area contributed by atoms with Crippen LogP contribution in [0.3, 0.4) is 0 Å². The van der Waals surface area contributed by atoms with Crippen LogP contribution in [0.15, 0.2) is 30.6 Å². The third-order valence-corrected chi connectivity index (χ3v) is 2.96. The highest BCUT2D eigenvalue weighted by atomic mass is 15.1. The highest BCUT2D eigenvalue weighted by Gasteiger charge is 2.03. The van der Waals surface area contributed by atoms with Crippen molar-refractivity contribution < 1.29 is 0 Å². The van der Waals surface area contributed by atoms with Crippen LogP contribution in [0.1, 0.15) is 29.4 Å². The van der Waals surface area contributed by atoms with E-state index in [1.807, 2.05) is 6.20 Å². The third kappa shape index (κ3) is 2.16. The highest BCUT2D eigenvalue weighted by Crippen LogP contribution is 2.13. The number of nitrogens with zero attached hydrogens (tertiary/aromatic N) is 2. The normalized spacial score (nSPS) is 10.7. The smallest absolute Gasteiger partial charge is 0.108 e. The molecule has 0 N–H and O–H groups in total. The van der Waals surface area contributed by atoms with Gasteiger partial charge in [0.15, 0.2) is 0 Å². The molecule has 2 aromatic rings. The van der Waals surface area contributed by atoms with E-state index in [0.29, 0.717) is 0 Å². The summed E-state index contributed by atoms with van der Waals surface area (Å²) in [5.41, 5.74) is 4.05. The molecule has 84 valence electrons. The van der Waals surface area contributed by atoms with Crippen molar-refractivity contribution in [2.24, 2.45) is 0 Å². The fourth-order valence-electron chi connectivity index (χ4n) is 1.95. The molecule has 0 aliphatic heterocycles. The lowest BCUT2D eigenvalue weighted by molar-refractivity contribution is 0.728. The van der Waals surface area contributed by atoms with Gasteiger partial charge in [0.1, 0.15) is 5.82 Å². The van der Waals surface area contributed by atoms with Crippen molar-refractivity contribution in [2.45, 2.75) is 33.7 Å². The van der Waals surface area contributed by atoms with Gasteiger partial charge in [-0.05, 0) is 25.0 Å². The second kappa shape index (κ2) is 4.52. The monoisotopic (exact) mass is 214 g/mol. The number of rotatable bonds is 3. The van der Waals surface area contributed by atoms with E-state index in [4.69, 9.17) is 0 Å². The standard InChI is InChI=1S/C14H18N2/c1-4-14-15-7-8-16(14)10-13-9-11(2)5-6-12(13)3/h5-9H,4,10H2,1-3H3. The van der Waals surface area contributed by atoms with Crippen LogP contribution in [0.25, 0.3) is 0 Å². The van der Waals surface area contributed by atoms with Crippen molar-refractivity contribution in [3.8, 4) is 0 Å². The van der Waals surface area contributed by atoms with Crippen molar-refractivity contribution >= 4 is 0 Å². The van der Waals surface area contributed by atoms with Crippen LogP contribution >= 0.6 is 0 Å². The van der Waals surface area contributed by atoms with Crippen LogP contribution in [0.2, 0.25) is 0 Å². The first kappa shape index (κ1) is 10.9. The summed E-state index contributed by atoms with van der Waals surface area (Å²) in [7, 11) is 0. The first-order chi connectivity index (χ1) is 7.70. The molecule has 0 aliphatic carbocycles. The number of hydrogen-bond donors (Lipinski definition) is 0. The number of hydrogen-bond acceptors (Lipinski definition) is 1. The summed E-state index contributed by atoms with van der Waals surface area (Å²) in [5.74, 6) is 1.15. The molecule has 1 heterocycles. The van der Waals surface area contributed by atoms with Crippen molar-refractivity contribution in [3.05, 3.63) is 53.1 Å². The first-order valence-electron chi connectivity index (χ1n) is 5.77. The molecule has 2 nitrogen and oxygen atoms in total. The molecule has 0 amide bonds. The van der Waals surface area contributed by atoms with Crippen molar-refractivity contribution in [2.75, 3.05) is 0 Å². The van der Waals surface area contributed by atoms with Crippen LogP contribution in [0, 0.1) is 13.8 Å². The van der Waals surface area contributed by atoms with Crippen molar-refractivity contribution in [1.82, 2.24) is 9.55 Å². The van der Waals surface area contributed by atoms with Gasteiger partial charge in [-0.25, -0.2) is 4.98 Å². The summed E-state index contributed by atoms with van der Waals surface area (Å²) in [6.07, 6.45) is 4.92. The summed E-state index contributed by atoms with van der Waals surface area (Å²) in [5, 5.41) is 0. The number of benzene rings is 1. The molecule has 0 fully saturated rings. The second-order valence-electron chi connectivity index (χ2n) is 4.25. The Balaban J connectivity index is 2.30. The topological polar surface area (TPSA) is 17.8 Å². The Hall–Kier alpha value is -1.57. The lowest BCUT2D eigenvalue weighted by Gasteiger charge is -2.10. The van der Waals surface area contributed by atoms with Crippen molar-refractivity contribution in [3.63, 3.8) is 0 Å². The Bertz CT molecular complexity index is 483. The van der Waals surface area contributed by atoms with E-state index in [0.717, 1.165) is 18.8 Å². The quantitative estimate of drug-likeness (QED) is 0.767. The predicted octanol–water partition coefficient (Wildman–Crippen LogP) is 3.11. The summed E-state index contributed by atoms with van der Waals surface area (Å²) in [6, 6.07) is 6.61. The Morgan fingerprint density at radius 1 is 1.25 bits per heavy atom. The second-order valence-corrected chi connectivity index (χ2v) is 4.25. The van der Waals surface area contributed by atoms with Gasteiger partial charge in [0.05, 0.1) is 0 Å². The van der Waals surface area contributed by atoms with E-state index in [1.165, 1.54) is 16.7 Å². The molecule has 0 saturated carbocycles. The summed E-state index contributed by atoms with van der Waals surface area (Å²) < 4.78 is 2.22. The SMILES string of the molecule is CCc1nccn1Cc1cc(C)ccc1C. The van der Waals surface area contributed by atoms with Gasteiger partial charge >= 0.3 is 0 Å². The molecule has 2 heteroatoms. The molecule has 0 aliphatic rings. The lowest BCUT2D eigenvalue weighted by Crippen LogP contribution is -2.04. The largest absolute Gasteiger partial charge is 0.331 e. The van der Waals surface area contributed by atoms with E-state index in [1.54, 1.807) is 0 Å². The molecular weight excluding hydrogens is 196 g/mol. The van der Waals surface area contributed by atoms with Gasteiger partial charge < -0.3 is 4.57 Å². The number of aromatic nitrogens is 2. The molecule has 0 saturated heterocycles. The fourth-order valence-corrected chi connectivity index (χ4v) is 1.95. The fraction of sp³-hybridized carbons (Fsp3) is 0.357. The van der Waals surface area contributed by atoms with Gasteiger partial charge in [0, 0.05) is 25.4 Å². The van der Waals surface area contributed by atoms with E-state index < -0.39 is 0 Å². The van der Waals surface area contributed by atoms with Crippen molar-refractivity contribution in [1.29, 1.82) is 0 Å². The molecule has 0 atom stereocenters. The minimum atomic E-state index is 0.927. The van der Waals surface area contributed by atoms with Crippen LogP contribution in [0.4, 0.5) is 0 Å². The van der Waals surface area contributed by atoms with Gasteiger partial charge in [-0.3, -0.25) is 0 Å². The summed E-state index contributed by atoms with van der Waals surface area (Å²) in [6.45, 7) is 7.37. The molecule has 2 rings (SSSR count). The minimum Gasteiger partial charge on any atom is -0.331 e. The average Bonchev–Trinajstić information content (AvgIpc) is 2.71. The van der Waals surface area contributed by atoms with E-state index >= 15 is 0 Å². The zero-order valence-corrected chi connectivity index (χ0v) is 10.2. The summed E-state index contributed by atoms with van der Waals surface area (Å²) >= 11 is 0. The Morgan fingerprint density at radius 3 is 2.81 bits per heavy atom. The Morgan fingerprint density at radius 2 is 2.06 bits per heavy atom. The molecule has 0 bridgehead atoms. The Kier molecular flexibility index (Phi) is 3.09. The summed E-state index contributed by atoms with van der Waals surface area (Å²) in [4.78, 5) is 4.35. The number of imidazole rings is 1. The maximum atomic E-state index is 4.35. The molecule has 0 spiro atoms. The molecule has 0 unspecified atom stereocenters. The molecule has 1 aromatic carbocycles. The minimum absolute atomic E-state index is 0.927. The van der Waals surface area contributed by atoms with Crippen LogP contribution < -0.4 is 0 Å². The maximum Gasteiger partial charge on any atom is 0.108 e.